The Morgan fingerprint density at radius 2 is 2.16 bits per heavy atom. The molecule has 3 nitrogen and oxygen atoms in total. The van der Waals surface area contributed by atoms with Crippen molar-refractivity contribution in [2.45, 2.75) is 38.3 Å². The third-order valence-corrected chi connectivity index (χ3v) is 3.75. The summed E-state index contributed by atoms with van der Waals surface area (Å²) in [6.07, 6.45) is 2.92. The van der Waals surface area contributed by atoms with Gasteiger partial charge in [0.25, 0.3) is 0 Å². The van der Waals surface area contributed by atoms with Gasteiger partial charge >= 0.3 is 0 Å². The Morgan fingerprint density at radius 3 is 2.74 bits per heavy atom. The molecule has 5 heteroatoms. The Balaban J connectivity index is 0.00000180. The van der Waals surface area contributed by atoms with Crippen molar-refractivity contribution in [3.8, 4) is 0 Å². The summed E-state index contributed by atoms with van der Waals surface area (Å²) in [5.41, 5.74) is 1.24. The Labute approximate surface area is 129 Å². The third-order valence-electron chi connectivity index (χ3n) is 3.22. The largest absolute Gasteiger partial charge is 0.352 e. The van der Waals surface area contributed by atoms with E-state index in [9.17, 15) is 4.79 Å². The second-order valence-electron chi connectivity index (χ2n) is 4.89. The summed E-state index contributed by atoms with van der Waals surface area (Å²) in [7, 11) is 0. The van der Waals surface area contributed by atoms with Crippen LogP contribution in [0.25, 0.3) is 0 Å². The molecular weight excluding hydrogens is 328 g/mol. The summed E-state index contributed by atoms with van der Waals surface area (Å²) in [5, 5.41) is 6.29. The van der Waals surface area contributed by atoms with Crippen molar-refractivity contribution in [2.75, 3.05) is 6.54 Å². The highest BCUT2D eigenvalue weighted by Gasteiger charge is 2.22. The summed E-state index contributed by atoms with van der Waals surface area (Å²) >= 11 is 3.42. The van der Waals surface area contributed by atoms with Crippen molar-refractivity contribution in [2.24, 2.45) is 0 Å². The standard InChI is InChI=1S/C14H19BrN2O.ClH/c1-10(9-11-4-6-12(15)7-5-11)17-14(18)13-3-2-8-16-13;/h4-7,10,13,16H,2-3,8-9H2,1H3,(H,17,18);1H/t10?,13-;/m0./s1. The lowest BCUT2D eigenvalue weighted by molar-refractivity contribution is -0.123. The fraction of sp³-hybridized carbons (Fsp3) is 0.500. The van der Waals surface area contributed by atoms with E-state index >= 15 is 0 Å². The van der Waals surface area contributed by atoms with E-state index < -0.39 is 0 Å². The quantitative estimate of drug-likeness (QED) is 0.879. The summed E-state index contributed by atoms with van der Waals surface area (Å²) in [5.74, 6) is 0.136. The maximum atomic E-state index is 11.9. The van der Waals surface area contributed by atoms with E-state index in [-0.39, 0.29) is 30.4 Å². The summed E-state index contributed by atoms with van der Waals surface area (Å²) in [4.78, 5) is 11.9. The second-order valence-corrected chi connectivity index (χ2v) is 5.80. The van der Waals surface area contributed by atoms with Crippen LogP contribution in [0.1, 0.15) is 25.3 Å². The molecule has 2 rings (SSSR count). The first-order valence-electron chi connectivity index (χ1n) is 6.43. The Hall–Kier alpha value is -0.580. The first-order valence-corrected chi connectivity index (χ1v) is 7.22. The lowest BCUT2D eigenvalue weighted by Crippen LogP contribution is -2.44. The van der Waals surface area contributed by atoms with Crippen LogP contribution in [-0.4, -0.2) is 24.5 Å². The second kappa shape index (κ2) is 7.88. The smallest absolute Gasteiger partial charge is 0.237 e. The molecule has 0 aliphatic carbocycles. The van der Waals surface area contributed by atoms with Crippen LogP contribution in [0.4, 0.5) is 0 Å². The van der Waals surface area contributed by atoms with Crippen molar-refractivity contribution in [3.63, 3.8) is 0 Å². The lowest BCUT2D eigenvalue weighted by Gasteiger charge is -2.17. The normalized spacial score (nSPS) is 19.6. The van der Waals surface area contributed by atoms with E-state index in [4.69, 9.17) is 0 Å². The van der Waals surface area contributed by atoms with Crippen LogP contribution >= 0.6 is 28.3 Å². The number of halogens is 2. The van der Waals surface area contributed by atoms with Gasteiger partial charge < -0.3 is 10.6 Å². The van der Waals surface area contributed by atoms with Crippen molar-refractivity contribution in [3.05, 3.63) is 34.3 Å². The third kappa shape index (κ3) is 5.13. The maximum absolute atomic E-state index is 11.9. The zero-order chi connectivity index (χ0) is 13.0. The zero-order valence-corrected chi connectivity index (χ0v) is 13.4. The fourth-order valence-corrected chi connectivity index (χ4v) is 2.54. The van der Waals surface area contributed by atoms with Crippen molar-refractivity contribution in [1.82, 2.24) is 10.6 Å². The van der Waals surface area contributed by atoms with E-state index in [0.717, 1.165) is 30.3 Å². The molecule has 2 atom stereocenters. The summed E-state index contributed by atoms with van der Waals surface area (Å²) in [6.45, 7) is 3.01. The van der Waals surface area contributed by atoms with E-state index in [1.54, 1.807) is 0 Å². The Bertz CT molecular complexity index is 404. The maximum Gasteiger partial charge on any atom is 0.237 e. The molecule has 1 aliphatic heterocycles. The lowest BCUT2D eigenvalue weighted by atomic mass is 10.1. The Morgan fingerprint density at radius 1 is 1.47 bits per heavy atom. The average molecular weight is 348 g/mol. The van der Waals surface area contributed by atoms with Gasteiger partial charge in [0, 0.05) is 10.5 Å². The van der Waals surface area contributed by atoms with Crippen LogP contribution < -0.4 is 10.6 Å². The van der Waals surface area contributed by atoms with Gasteiger partial charge in [0.15, 0.2) is 0 Å². The first kappa shape index (κ1) is 16.5. The number of amides is 1. The minimum Gasteiger partial charge on any atom is -0.352 e. The molecule has 1 amide bonds. The van der Waals surface area contributed by atoms with E-state index in [1.807, 2.05) is 12.1 Å². The first-order chi connectivity index (χ1) is 8.65. The summed E-state index contributed by atoms with van der Waals surface area (Å²) in [6, 6.07) is 8.41. The molecule has 1 fully saturated rings. The number of carbonyl (C=O) groups excluding carboxylic acids is 1. The number of rotatable bonds is 4. The molecule has 106 valence electrons. The molecule has 1 saturated heterocycles. The highest BCUT2D eigenvalue weighted by Crippen LogP contribution is 2.12. The molecule has 0 bridgehead atoms. The van der Waals surface area contributed by atoms with E-state index in [2.05, 4.69) is 45.6 Å². The van der Waals surface area contributed by atoms with Gasteiger partial charge in [-0.1, -0.05) is 28.1 Å². The molecular formula is C14H20BrClN2O. The number of benzene rings is 1. The van der Waals surface area contributed by atoms with Gasteiger partial charge in [-0.25, -0.2) is 0 Å². The Kier molecular flexibility index (Phi) is 6.83. The molecule has 1 unspecified atom stereocenters. The van der Waals surface area contributed by atoms with Crippen molar-refractivity contribution < 1.29 is 4.79 Å². The molecule has 2 N–H and O–H groups in total. The van der Waals surface area contributed by atoms with Crippen LogP contribution in [0, 0.1) is 0 Å². The summed E-state index contributed by atoms with van der Waals surface area (Å²) < 4.78 is 1.08. The topological polar surface area (TPSA) is 41.1 Å². The molecule has 1 aliphatic rings. The van der Waals surface area contributed by atoms with Gasteiger partial charge in [0.1, 0.15) is 0 Å². The molecule has 1 aromatic carbocycles. The van der Waals surface area contributed by atoms with Crippen molar-refractivity contribution >= 4 is 34.2 Å². The average Bonchev–Trinajstić information content (AvgIpc) is 2.85. The van der Waals surface area contributed by atoms with Crippen molar-refractivity contribution in [1.29, 1.82) is 0 Å². The minimum absolute atomic E-state index is 0. The van der Waals surface area contributed by atoms with Gasteiger partial charge in [0.2, 0.25) is 5.91 Å². The highest BCUT2D eigenvalue weighted by atomic mass is 79.9. The molecule has 0 aromatic heterocycles. The molecule has 19 heavy (non-hydrogen) atoms. The molecule has 0 saturated carbocycles. The van der Waals surface area contributed by atoms with Crippen LogP contribution in [0.5, 0.6) is 0 Å². The predicted molar refractivity (Wildman–Crippen MR) is 83.7 cm³/mol. The zero-order valence-electron chi connectivity index (χ0n) is 11.0. The van der Waals surface area contributed by atoms with Crippen LogP contribution in [0.3, 0.4) is 0 Å². The number of hydrogen-bond acceptors (Lipinski definition) is 2. The van der Waals surface area contributed by atoms with Crippen LogP contribution in [0.15, 0.2) is 28.7 Å². The number of nitrogens with one attached hydrogen (secondary N) is 2. The van der Waals surface area contributed by atoms with Crippen LogP contribution in [-0.2, 0) is 11.2 Å². The predicted octanol–water partition coefficient (Wildman–Crippen LogP) is 2.67. The van der Waals surface area contributed by atoms with Crippen LogP contribution in [0.2, 0.25) is 0 Å². The van der Waals surface area contributed by atoms with Gasteiger partial charge in [-0.05, 0) is 50.4 Å². The molecule has 1 aromatic rings. The molecule has 0 radical (unpaired) electrons. The van der Waals surface area contributed by atoms with Gasteiger partial charge in [-0.2, -0.15) is 0 Å². The minimum atomic E-state index is 0. The number of carbonyl (C=O) groups is 1. The highest BCUT2D eigenvalue weighted by molar-refractivity contribution is 9.10. The van der Waals surface area contributed by atoms with Gasteiger partial charge in [-0.15, -0.1) is 12.4 Å². The monoisotopic (exact) mass is 346 g/mol. The van der Waals surface area contributed by atoms with Gasteiger partial charge in [0.05, 0.1) is 6.04 Å². The van der Waals surface area contributed by atoms with Gasteiger partial charge in [-0.3, -0.25) is 4.79 Å². The number of hydrogen-bond donors (Lipinski definition) is 2. The van der Waals surface area contributed by atoms with E-state index in [1.165, 1.54) is 5.56 Å². The van der Waals surface area contributed by atoms with E-state index in [0.29, 0.717) is 0 Å². The fourth-order valence-electron chi connectivity index (χ4n) is 2.28. The SMILES string of the molecule is CC(Cc1ccc(Br)cc1)NC(=O)[C@@H]1CCCN1.Cl. The molecule has 1 heterocycles. The molecule has 0 spiro atoms.